The van der Waals surface area contributed by atoms with Gasteiger partial charge in [0.25, 0.3) is 0 Å². The molecule has 0 aliphatic rings. The minimum atomic E-state index is -0.558. The topological polar surface area (TPSA) is 64.4 Å². The molecule has 0 bridgehead atoms. The number of hydrogen-bond donors (Lipinski definition) is 1. The van der Waals surface area contributed by atoms with Gasteiger partial charge in [-0.2, -0.15) is 4.98 Å². The van der Waals surface area contributed by atoms with E-state index in [1.54, 1.807) is 20.8 Å². The Hall–Kier alpha value is -1.52. The van der Waals surface area contributed by atoms with E-state index in [0.717, 1.165) is 0 Å². The van der Waals surface area contributed by atoms with Crippen molar-refractivity contribution in [1.29, 1.82) is 0 Å². The molecule has 1 rings (SSSR count). The normalized spacial score (nSPS) is 10.2. The summed E-state index contributed by atoms with van der Waals surface area (Å²) >= 11 is 0. The van der Waals surface area contributed by atoms with Crippen molar-refractivity contribution >= 4 is 12.1 Å². The van der Waals surface area contributed by atoms with Gasteiger partial charge in [0.15, 0.2) is 0 Å². The van der Waals surface area contributed by atoms with Crippen molar-refractivity contribution in [2.75, 3.05) is 5.32 Å². The van der Waals surface area contributed by atoms with E-state index in [4.69, 9.17) is 9.15 Å². The number of hydrogen-bond acceptors (Lipinski definition) is 4. The van der Waals surface area contributed by atoms with E-state index >= 15 is 0 Å². The highest BCUT2D eigenvalue weighted by molar-refractivity contribution is 5.81. The summed E-state index contributed by atoms with van der Waals surface area (Å²) in [5.41, 5.74) is 0.708. The first-order chi connectivity index (χ1) is 6.08. The van der Waals surface area contributed by atoms with Gasteiger partial charge < -0.3 is 9.15 Å². The molecule has 1 amide bonds. The molecule has 0 spiro atoms. The fourth-order valence-corrected chi connectivity index (χ4v) is 0.742. The summed E-state index contributed by atoms with van der Waals surface area (Å²) in [7, 11) is 0. The van der Waals surface area contributed by atoms with Gasteiger partial charge in [0.2, 0.25) is 0 Å². The van der Waals surface area contributed by atoms with E-state index in [2.05, 4.69) is 10.3 Å². The van der Waals surface area contributed by atoms with Crippen molar-refractivity contribution in [3.63, 3.8) is 0 Å². The Bertz CT molecular complexity index is 293. The van der Waals surface area contributed by atoms with Crippen LogP contribution in [0.5, 0.6) is 0 Å². The summed E-state index contributed by atoms with van der Waals surface area (Å²) in [6.07, 6.45) is 0.734. The number of oxazole rings is 1. The third kappa shape index (κ3) is 3.14. The van der Waals surface area contributed by atoms with Gasteiger partial charge in [-0.1, -0.05) is 0 Å². The van der Waals surface area contributed by atoms with Crippen LogP contribution in [-0.4, -0.2) is 17.2 Å². The molecule has 1 heterocycles. The van der Waals surface area contributed by atoms with Gasteiger partial charge in [-0.05, 0) is 20.8 Å². The van der Waals surface area contributed by atoms with E-state index < -0.39 is 6.09 Å². The van der Waals surface area contributed by atoms with Crippen LogP contribution in [-0.2, 0) is 4.74 Å². The lowest BCUT2D eigenvalue weighted by Gasteiger charge is -2.06. The number of anilines is 1. The van der Waals surface area contributed by atoms with Crippen LogP contribution in [0.1, 0.15) is 19.5 Å². The Labute approximate surface area is 76.1 Å². The average molecular weight is 184 g/mol. The summed E-state index contributed by atoms with van der Waals surface area (Å²) in [5, 5.41) is 2.36. The fourth-order valence-electron chi connectivity index (χ4n) is 0.742. The molecule has 0 radical (unpaired) electrons. The lowest BCUT2D eigenvalue weighted by molar-refractivity contribution is 0.129. The standard InChI is InChI=1S/C8H12N2O3/c1-5(2)13-8(11)10-7-9-6(3)4-12-7/h4-5H,1-3H3,(H,9,10,11). The SMILES string of the molecule is Cc1coc(NC(=O)OC(C)C)n1. The minimum Gasteiger partial charge on any atom is -0.446 e. The molecule has 5 heteroatoms. The first kappa shape index (κ1) is 9.57. The summed E-state index contributed by atoms with van der Waals surface area (Å²) in [4.78, 5) is 14.9. The molecule has 13 heavy (non-hydrogen) atoms. The maximum absolute atomic E-state index is 11.0. The Morgan fingerprint density at radius 3 is 2.85 bits per heavy atom. The molecule has 1 aromatic heterocycles. The number of aryl methyl sites for hydroxylation is 1. The van der Waals surface area contributed by atoms with E-state index in [1.807, 2.05) is 0 Å². The van der Waals surface area contributed by atoms with Crippen molar-refractivity contribution in [2.45, 2.75) is 26.9 Å². The first-order valence-electron chi connectivity index (χ1n) is 3.97. The summed E-state index contributed by atoms with van der Waals surface area (Å²) in [6, 6.07) is 0.156. The number of rotatable bonds is 2. The number of carbonyl (C=O) groups excluding carboxylic acids is 1. The molecule has 0 aromatic carbocycles. The second-order valence-electron chi connectivity index (χ2n) is 2.87. The number of aromatic nitrogens is 1. The quantitative estimate of drug-likeness (QED) is 0.762. The van der Waals surface area contributed by atoms with E-state index in [0.29, 0.717) is 5.69 Å². The zero-order valence-electron chi connectivity index (χ0n) is 7.83. The molecule has 0 saturated heterocycles. The van der Waals surface area contributed by atoms with Crippen LogP contribution < -0.4 is 5.32 Å². The van der Waals surface area contributed by atoms with Crippen molar-refractivity contribution in [3.05, 3.63) is 12.0 Å². The molecule has 0 atom stereocenters. The average Bonchev–Trinajstić information content (AvgIpc) is 2.33. The molecular formula is C8H12N2O3. The molecule has 1 aromatic rings. The highest BCUT2D eigenvalue weighted by Gasteiger charge is 2.08. The zero-order chi connectivity index (χ0) is 9.84. The van der Waals surface area contributed by atoms with E-state index in [-0.39, 0.29) is 12.1 Å². The molecule has 5 nitrogen and oxygen atoms in total. The van der Waals surface area contributed by atoms with Crippen molar-refractivity contribution in [1.82, 2.24) is 4.98 Å². The van der Waals surface area contributed by atoms with Crippen LogP contribution in [0.2, 0.25) is 0 Å². The smallest absolute Gasteiger partial charge is 0.415 e. The number of nitrogens with one attached hydrogen (secondary N) is 1. The zero-order valence-corrected chi connectivity index (χ0v) is 7.83. The van der Waals surface area contributed by atoms with Crippen LogP contribution in [0.3, 0.4) is 0 Å². The maximum Gasteiger partial charge on any atom is 0.415 e. The monoisotopic (exact) mass is 184 g/mol. The summed E-state index contributed by atoms with van der Waals surface area (Å²) < 4.78 is 9.71. The third-order valence-corrected chi connectivity index (χ3v) is 1.17. The summed E-state index contributed by atoms with van der Waals surface area (Å²) in [6.45, 7) is 5.29. The lowest BCUT2D eigenvalue weighted by atomic mass is 10.5. The highest BCUT2D eigenvalue weighted by Crippen LogP contribution is 2.06. The van der Waals surface area contributed by atoms with Crippen LogP contribution >= 0.6 is 0 Å². The van der Waals surface area contributed by atoms with Crippen LogP contribution in [0.25, 0.3) is 0 Å². The van der Waals surface area contributed by atoms with Gasteiger partial charge in [0.1, 0.15) is 6.26 Å². The molecule has 0 unspecified atom stereocenters. The molecule has 0 fully saturated rings. The maximum atomic E-state index is 11.0. The predicted molar refractivity (Wildman–Crippen MR) is 46.5 cm³/mol. The molecule has 0 aliphatic heterocycles. The lowest BCUT2D eigenvalue weighted by Crippen LogP contribution is -2.18. The molecular weight excluding hydrogens is 172 g/mol. The first-order valence-corrected chi connectivity index (χ1v) is 3.97. The third-order valence-electron chi connectivity index (χ3n) is 1.17. The van der Waals surface area contributed by atoms with Crippen LogP contribution in [0.15, 0.2) is 10.7 Å². The van der Waals surface area contributed by atoms with Crippen LogP contribution in [0.4, 0.5) is 10.8 Å². The fraction of sp³-hybridized carbons (Fsp3) is 0.500. The molecule has 0 saturated carbocycles. The van der Waals surface area contributed by atoms with Crippen molar-refractivity contribution < 1.29 is 13.9 Å². The van der Waals surface area contributed by atoms with Gasteiger partial charge in [-0.15, -0.1) is 0 Å². The van der Waals surface area contributed by atoms with Gasteiger partial charge in [-0.25, -0.2) is 10.1 Å². The molecule has 72 valence electrons. The van der Waals surface area contributed by atoms with Gasteiger partial charge in [0, 0.05) is 0 Å². The second-order valence-corrected chi connectivity index (χ2v) is 2.87. The largest absolute Gasteiger partial charge is 0.446 e. The highest BCUT2D eigenvalue weighted by atomic mass is 16.6. The van der Waals surface area contributed by atoms with Crippen LogP contribution in [0, 0.1) is 6.92 Å². The van der Waals surface area contributed by atoms with Gasteiger partial charge >= 0.3 is 12.1 Å². The summed E-state index contributed by atoms with van der Waals surface area (Å²) in [5.74, 6) is 0. The van der Waals surface area contributed by atoms with E-state index in [9.17, 15) is 4.79 Å². The Morgan fingerprint density at radius 2 is 2.38 bits per heavy atom. The number of ether oxygens (including phenoxy) is 1. The van der Waals surface area contributed by atoms with Crippen molar-refractivity contribution in [2.24, 2.45) is 0 Å². The van der Waals surface area contributed by atoms with Gasteiger partial charge in [-0.3, -0.25) is 0 Å². The number of carbonyl (C=O) groups is 1. The Kier molecular flexibility index (Phi) is 2.89. The molecule has 1 N–H and O–H groups in total. The second kappa shape index (κ2) is 3.93. The predicted octanol–water partition coefficient (Wildman–Crippen LogP) is 1.94. The molecule has 0 aliphatic carbocycles. The number of nitrogens with zero attached hydrogens (tertiary/aromatic N) is 1. The Balaban J connectivity index is 2.45. The number of amides is 1. The minimum absolute atomic E-state index is 0.156. The van der Waals surface area contributed by atoms with Gasteiger partial charge in [0.05, 0.1) is 11.8 Å². The van der Waals surface area contributed by atoms with E-state index in [1.165, 1.54) is 6.26 Å². The Morgan fingerprint density at radius 1 is 1.69 bits per heavy atom. The van der Waals surface area contributed by atoms with Crippen molar-refractivity contribution in [3.8, 4) is 0 Å².